The van der Waals surface area contributed by atoms with Crippen molar-refractivity contribution < 1.29 is 9.53 Å². The van der Waals surface area contributed by atoms with Crippen LogP contribution in [0.4, 0.5) is 0 Å². The summed E-state index contributed by atoms with van der Waals surface area (Å²) in [6.45, 7) is 5.76. The summed E-state index contributed by atoms with van der Waals surface area (Å²) >= 11 is 3.16. The zero-order chi connectivity index (χ0) is 19.9. The molecule has 6 nitrogen and oxygen atoms in total. The Bertz CT molecular complexity index is 893. The maximum absolute atomic E-state index is 13.2. The van der Waals surface area contributed by atoms with Gasteiger partial charge >= 0.3 is 0 Å². The normalized spacial score (nSPS) is 14.8. The van der Waals surface area contributed by atoms with Crippen LogP contribution >= 0.6 is 22.7 Å². The molecule has 1 amide bonds. The molecule has 1 fully saturated rings. The smallest absolute Gasteiger partial charge is 0.273 e. The second-order valence-corrected chi connectivity index (χ2v) is 8.58. The minimum absolute atomic E-state index is 0.0125. The number of carbonyl (C=O) groups excluding carboxylic acids is 1. The molecular weight excluding hydrogens is 404 g/mol. The van der Waals surface area contributed by atoms with E-state index in [1.165, 1.54) is 11.3 Å². The monoisotopic (exact) mass is 428 g/mol. The van der Waals surface area contributed by atoms with Crippen LogP contribution in [0.3, 0.4) is 0 Å². The topological polar surface area (TPSA) is 58.6 Å². The zero-order valence-electron chi connectivity index (χ0n) is 16.2. The molecule has 1 saturated heterocycles. The predicted octanol–water partition coefficient (Wildman–Crippen LogP) is 3.63. The van der Waals surface area contributed by atoms with Gasteiger partial charge in [0.05, 0.1) is 13.2 Å². The first kappa shape index (κ1) is 20.2. The van der Waals surface area contributed by atoms with E-state index >= 15 is 0 Å². The van der Waals surface area contributed by atoms with Crippen molar-refractivity contribution in [3.8, 4) is 10.6 Å². The van der Waals surface area contributed by atoms with Crippen LogP contribution in [0.1, 0.15) is 22.5 Å². The highest BCUT2D eigenvalue weighted by molar-refractivity contribution is 7.14. The summed E-state index contributed by atoms with van der Waals surface area (Å²) in [5.74, 6) is -0.0125. The quantitative estimate of drug-likeness (QED) is 0.548. The lowest BCUT2D eigenvalue weighted by molar-refractivity contribution is 0.0355. The average Bonchev–Trinajstić information content (AvgIpc) is 3.46. The second-order valence-electron chi connectivity index (χ2n) is 6.94. The molecule has 29 heavy (non-hydrogen) atoms. The number of nitrogens with zero attached hydrogens (tertiary/aromatic N) is 4. The standard InChI is InChI=1S/C21H24N4O2S2/c26-21(19-16-29-20(23-19)18-4-13-28-15-18)25(14-17-2-5-22-6-3-17)8-1-7-24-9-11-27-12-10-24/h2-6,13,15-16H,1,7-12,14H2. The summed E-state index contributed by atoms with van der Waals surface area (Å²) in [7, 11) is 0. The third-order valence-corrected chi connectivity index (χ3v) is 6.48. The summed E-state index contributed by atoms with van der Waals surface area (Å²) in [4.78, 5) is 26.2. The second kappa shape index (κ2) is 10.1. The number of morpholine rings is 1. The molecule has 3 aromatic rings. The Hall–Kier alpha value is -2.13. The fourth-order valence-electron chi connectivity index (χ4n) is 3.32. The zero-order valence-corrected chi connectivity index (χ0v) is 17.8. The van der Waals surface area contributed by atoms with E-state index in [0.29, 0.717) is 18.8 Å². The Morgan fingerprint density at radius 3 is 2.76 bits per heavy atom. The van der Waals surface area contributed by atoms with Crippen LogP contribution < -0.4 is 0 Å². The molecule has 0 spiro atoms. The number of thiophene rings is 1. The van der Waals surface area contributed by atoms with Gasteiger partial charge < -0.3 is 9.64 Å². The molecule has 0 bridgehead atoms. The SMILES string of the molecule is O=C(c1csc(-c2ccsc2)n1)N(CCCN1CCOCC1)Cc1ccncc1. The maximum Gasteiger partial charge on any atom is 0.273 e. The lowest BCUT2D eigenvalue weighted by Crippen LogP contribution is -2.39. The number of ether oxygens (including phenoxy) is 1. The van der Waals surface area contributed by atoms with E-state index in [9.17, 15) is 4.79 Å². The first-order valence-corrected chi connectivity index (χ1v) is 11.6. The van der Waals surface area contributed by atoms with Crippen LogP contribution in [0, 0.1) is 0 Å². The molecule has 0 atom stereocenters. The third kappa shape index (κ3) is 5.48. The minimum atomic E-state index is -0.0125. The summed E-state index contributed by atoms with van der Waals surface area (Å²) < 4.78 is 5.42. The van der Waals surface area contributed by atoms with Crippen LogP contribution in [0.2, 0.25) is 0 Å². The highest BCUT2D eigenvalue weighted by atomic mass is 32.1. The first-order chi connectivity index (χ1) is 14.3. The van der Waals surface area contributed by atoms with E-state index in [0.717, 1.165) is 55.4 Å². The molecule has 0 aromatic carbocycles. The van der Waals surface area contributed by atoms with Crippen molar-refractivity contribution in [2.24, 2.45) is 0 Å². The van der Waals surface area contributed by atoms with Crippen molar-refractivity contribution in [2.75, 3.05) is 39.4 Å². The number of amides is 1. The lowest BCUT2D eigenvalue weighted by atomic mass is 10.2. The Morgan fingerprint density at radius 2 is 2.00 bits per heavy atom. The molecule has 152 valence electrons. The first-order valence-electron chi connectivity index (χ1n) is 9.76. The van der Waals surface area contributed by atoms with Gasteiger partial charge in [-0.2, -0.15) is 11.3 Å². The van der Waals surface area contributed by atoms with Gasteiger partial charge in [-0.25, -0.2) is 4.98 Å². The lowest BCUT2D eigenvalue weighted by Gasteiger charge is -2.28. The Morgan fingerprint density at radius 1 is 1.17 bits per heavy atom. The predicted molar refractivity (Wildman–Crippen MR) is 116 cm³/mol. The van der Waals surface area contributed by atoms with Crippen molar-refractivity contribution in [1.29, 1.82) is 0 Å². The fraction of sp³-hybridized carbons (Fsp3) is 0.381. The van der Waals surface area contributed by atoms with Gasteiger partial charge in [-0.05, 0) is 35.6 Å². The molecule has 0 unspecified atom stereocenters. The molecule has 1 aliphatic rings. The van der Waals surface area contributed by atoms with Crippen molar-refractivity contribution in [2.45, 2.75) is 13.0 Å². The van der Waals surface area contributed by atoms with Crippen molar-refractivity contribution in [3.05, 3.63) is 58.0 Å². The molecule has 0 N–H and O–H groups in total. The van der Waals surface area contributed by atoms with Crippen LogP contribution in [-0.2, 0) is 11.3 Å². The molecule has 0 saturated carbocycles. The maximum atomic E-state index is 13.2. The summed E-state index contributed by atoms with van der Waals surface area (Å²) in [5, 5.41) is 6.85. The van der Waals surface area contributed by atoms with E-state index in [-0.39, 0.29) is 5.91 Å². The summed E-state index contributed by atoms with van der Waals surface area (Å²) in [6, 6.07) is 5.95. The number of hydrogen-bond donors (Lipinski definition) is 0. The van der Waals surface area contributed by atoms with Crippen molar-refractivity contribution in [3.63, 3.8) is 0 Å². The Kier molecular flexibility index (Phi) is 7.00. The highest BCUT2D eigenvalue weighted by Crippen LogP contribution is 2.26. The number of rotatable bonds is 8. The van der Waals surface area contributed by atoms with Gasteiger partial charge in [0.2, 0.25) is 0 Å². The average molecular weight is 429 g/mol. The summed E-state index contributed by atoms with van der Waals surface area (Å²) in [5.41, 5.74) is 2.68. The van der Waals surface area contributed by atoms with E-state index in [1.807, 2.05) is 33.9 Å². The number of aromatic nitrogens is 2. The molecule has 1 aliphatic heterocycles. The van der Waals surface area contributed by atoms with Gasteiger partial charge in [0.1, 0.15) is 10.7 Å². The molecule has 0 radical (unpaired) electrons. The highest BCUT2D eigenvalue weighted by Gasteiger charge is 2.20. The molecule has 3 aromatic heterocycles. The van der Waals surface area contributed by atoms with E-state index in [1.54, 1.807) is 23.7 Å². The molecular formula is C21H24N4O2S2. The van der Waals surface area contributed by atoms with Gasteiger partial charge in [-0.1, -0.05) is 0 Å². The van der Waals surface area contributed by atoms with E-state index < -0.39 is 0 Å². The number of thiazole rings is 1. The van der Waals surface area contributed by atoms with Gasteiger partial charge in [0.15, 0.2) is 0 Å². The van der Waals surface area contributed by atoms with Gasteiger partial charge in [-0.3, -0.25) is 14.7 Å². The number of hydrogen-bond acceptors (Lipinski definition) is 7. The van der Waals surface area contributed by atoms with Crippen molar-refractivity contribution >= 4 is 28.6 Å². The fourth-order valence-corrected chi connectivity index (χ4v) is 4.83. The van der Waals surface area contributed by atoms with Crippen molar-refractivity contribution in [1.82, 2.24) is 19.8 Å². The Labute approximate surface area is 178 Å². The summed E-state index contributed by atoms with van der Waals surface area (Å²) in [6.07, 6.45) is 4.46. The van der Waals surface area contributed by atoms with Gasteiger partial charge in [-0.15, -0.1) is 11.3 Å². The molecule has 4 rings (SSSR count). The Balaban J connectivity index is 1.44. The molecule has 8 heteroatoms. The van der Waals surface area contributed by atoms with Crippen LogP contribution in [0.15, 0.2) is 46.7 Å². The third-order valence-electron chi connectivity index (χ3n) is 4.91. The van der Waals surface area contributed by atoms with Gasteiger partial charge in [0, 0.05) is 61.4 Å². The van der Waals surface area contributed by atoms with Crippen LogP contribution in [-0.4, -0.2) is 65.1 Å². The largest absolute Gasteiger partial charge is 0.379 e. The number of pyridine rings is 1. The van der Waals surface area contributed by atoms with Crippen LogP contribution in [0.25, 0.3) is 10.6 Å². The van der Waals surface area contributed by atoms with Crippen LogP contribution in [0.5, 0.6) is 0 Å². The number of carbonyl (C=O) groups is 1. The van der Waals surface area contributed by atoms with Gasteiger partial charge in [0.25, 0.3) is 5.91 Å². The minimum Gasteiger partial charge on any atom is -0.379 e. The van der Waals surface area contributed by atoms with E-state index in [4.69, 9.17) is 4.74 Å². The molecule has 4 heterocycles. The van der Waals surface area contributed by atoms with E-state index in [2.05, 4.69) is 20.2 Å². The molecule has 0 aliphatic carbocycles.